The van der Waals surface area contributed by atoms with E-state index in [4.69, 9.17) is 5.26 Å². The highest BCUT2D eigenvalue weighted by Crippen LogP contribution is 2.22. The van der Waals surface area contributed by atoms with Crippen molar-refractivity contribution in [3.63, 3.8) is 0 Å². The van der Waals surface area contributed by atoms with E-state index >= 15 is 0 Å². The Balaban J connectivity index is 2.13. The van der Waals surface area contributed by atoms with Crippen LogP contribution in [-0.2, 0) is 9.59 Å². The van der Waals surface area contributed by atoms with Crippen molar-refractivity contribution in [3.8, 4) is 6.07 Å². The van der Waals surface area contributed by atoms with Crippen LogP contribution < -0.4 is 10.6 Å². The number of hydrogen-bond donors (Lipinski definition) is 2. The van der Waals surface area contributed by atoms with E-state index in [-0.39, 0.29) is 5.78 Å². The summed E-state index contributed by atoms with van der Waals surface area (Å²) in [4.78, 5) is 36.5. The highest BCUT2D eigenvalue weighted by molar-refractivity contribution is 6.14. The van der Waals surface area contributed by atoms with Crippen LogP contribution in [0.4, 0.5) is 11.4 Å². The maximum Gasteiger partial charge on any atom is 0.239 e. The van der Waals surface area contributed by atoms with Crippen LogP contribution in [0.3, 0.4) is 0 Å². The zero-order valence-corrected chi connectivity index (χ0v) is 14.8. The van der Waals surface area contributed by atoms with Crippen LogP contribution in [-0.4, -0.2) is 17.6 Å². The summed E-state index contributed by atoms with van der Waals surface area (Å²) in [6.45, 7) is 4.44. The molecule has 2 aromatic rings. The van der Waals surface area contributed by atoms with Crippen molar-refractivity contribution < 1.29 is 14.4 Å². The van der Waals surface area contributed by atoms with Gasteiger partial charge in [-0.1, -0.05) is 18.2 Å². The van der Waals surface area contributed by atoms with Gasteiger partial charge in [0.05, 0.1) is 11.6 Å². The number of rotatable bonds is 5. The van der Waals surface area contributed by atoms with Gasteiger partial charge in [-0.2, -0.15) is 5.26 Å². The molecule has 132 valence electrons. The normalized spacial score (nSPS) is 10.5. The summed E-state index contributed by atoms with van der Waals surface area (Å²) in [5, 5.41) is 14.2. The molecule has 6 heteroatoms. The molecule has 2 amide bonds. The van der Waals surface area contributed by atoms with Crippen molar-refractivity contribution in [3.05, 3.63) is 59.7 Å². The van der Waals surface area contributed by atoms with Gasteiger partial charge in [-0.05, 0) is 51.1 Å². The molecule has 0 radical (unpaired) electrons. The minimum absolute atomic E-state index is 0.115. The summed E-state index contributed by atoms with van der Waals surface area (Å²) >= 11 is 0. The fourth-order valence-electron chi connectivity index (χ4n) is 2.16. The van der Waals surface area contributed by atoms with E-state index in [9.17, 15) is 14.4 Å². The van der Waals surface area contributed by atoms with Gasteiger partial charge in [-0.15, -0.1) is 0 Å². The Hall–Kier alpha value is -3.46. The minimum atomic E-state index is -1.37. The summed E-state index contributed by atoms with van der Waals surface area (Å²) in [6, 6.07) is 14.9. The highest BCUT2D eigenvalue weighted by atomic mass is 16.2. The van der Waals surface area contributed by atoms with E-state index < -0.39 is 17.2 Å². The Labute approximate surface area is 151 Å². The second-order valence-corrected chi connectivity index (χ2v) is 6.36. The first kappa shape index (κ1) is 18.9. The fraction of sp³-hybridized carbons (Fsp3) is 0.200. The molecular formula is C20H19N3O3. The molecule has 0 spiro atoms. The number of nitriles is 1. The summed E-state index contributed by atoms with van der Waals surface area (Å²) in [5.41, 5.74) is 0.391. The molecule has 0 fully saturated rings. The van der Waals surface area contributed by atoms with Crippen molar-refractivity contribution in [1.29, 1.82) is 5.26 Å². The lowest BCUT2D eigenvalue weighted by Crippen LogP contribution is -2.41. The number of nitrogens with zero attached hydrogens (tertiary/aromatic N) is 1. The Kier molecular flexibility index (Phi) is 5.53. The first-order chi connectivity index (χ1) is 12.2. The van der Waals surface area contributed by atoms with Crippen molar-refractivity contribution in [2.24, 2.45) is 5.41 Å². The third-order valence-electron chi connectivity index (χ3n) is 3.91. The molecule has 0 aliphatic carbocycles. The molecule has 0 atom stereocenters. The number of nitrogens with one attached hydrogen (secondary N) is 2. The summed E-state index contributed by atoms with van der Waals surface area (Å²) < 4.78 is 0. The number of ketones is 1. The number of benzene rings is 2. The van der Waals surface area contributed by atoms with Gasteiger partial charge in [0, 0.05) is 16.9 Å². The van der Waals surface area contributed by atoms with Crippen LogP contribution >= 0.6 is 0 Å². The predicted molar refractivity (Wildman–Crippen MR) is 98.6 cm³/mol. The Morgan fingerprint density at radius 1 is 0.923 bits per heavy atom. The van der Waals surface area contributed by atoms with Gasteiger partial charge in [0.1, 0.15) is 5.41 Å². The van der Waals surface area contributed by atoms with Crippen LogP contribution in [0.2, 0.25) is 0 Å². The van der Waals surface area contributed by atoms with Gasteiger partial charge in [-0.3, -0.25) is 14.4 Å². The molecule has 6 nitrogen and oxygen atoms in total. The number of anilines is 2. The number of carbonyl (C=O) groups excluding carboxylic acids is 3. The second-order valence-electron chi connectivity index (χ2n) is 6.36. The molecule has 0 aliphatic rings. The molecule has 2 rings (SSSR count). The number of amides is 2. The number of hydrogen-bond acceptors (Lipinski definition) is 4. The molecule has 0 aliphatic heterocycles. The Bertz CT molecular complexity index is 911. The first-order valence-electron chi connectivity index (χ1n) is 7.98. The zero-order valence-electron chi connectivity index (χ0n) is 14.8. The predicted octanol–water partition coefficient (Wildman–Crippen LogP) is 3.36. The maximum absolute atomic E-state index is 12.6. The summed E-state index contributed by atoms with van der Waals surface area (Å²) in [6.07, 6.45) is 0. The molecule has 0 saturated carbocycles. The molecule has 2 aromatic carbocycles. The van der Waals surface area contributed by atoms with E-state index in [1.165, 1.54) is 26.8 Å². The average molecular weight is 349 g/mol. The second kappa shape index (κ2) is 7.62. The molecule has 26 heavy (non-hydrogen) atoms. The van der Waals surface area contributed by atoms with Gasteiger partial charge in [-0.25, -0.2) is 0 Å². The van der Waals surface area contributed by atoms with Crippen molar-refractivity contribution in [1.82, 2.24) is 0 Å². The molecule has 0 aromatic heterocycles. The lowest BCUT2D eigenvalue weighted by molar-refractivity contribution is -0.135. The third-order valence-corrected chi connectivity index (χ3v) is 3.91. The Morgan fingerprint density at radius 3 is 2.00 bits per heavy atom. The lowest BCUT2D eigenvalue weighted by Gasteiger charge is -2.23. The molecule has 0 bridgehead atoms. The van der Waals surface area contributed by atoms with E-state index in [1.54, 1.807) is 42.5 Å². The van der Waals surface area contributed by atoms with Crippen LogP contribution in [0.1, 0.15) is 36.7 Å². The quantitative estimate of drug-likeness (QED) is 0.638. The van der Waals surface area contributed by atoms with E-state index in [0.29, 0.717) is 22.5 Å². The number of Topliss-reactive ketones (excluding diaryl/α,β-unsaturated/α-hetero) is 1. The standard InChI is InChI=1S/C20H19N3O3/c1-13(24)15-7-5-9-17(11-15)23-19(26)20(2,3)18(25)22-16-8-4-6-14(10-16)12-21/h4-11H,1-3H3,(H,22,25)(H,23,26). The van der Waals surface area contributed by atoms with Gasteiger partial charge in [0.15, 0.2) is 5.78 Å². The van der Waals surface area contributed by atoms with E-state index in [2.05, 4.69) is 10.6 Å². The van der Waals surface area contributed by atoms with Crippen molar-refractivity contribution >= 4 is 29.0 Å². The summed E-state index contributed by atoms with van der Waals surface area (Å²) in [7, 11) is 0. The monoisotopic (exact) mass is 349 g/mol. The largest absolute Gasteiger partial charge is 0.325 e. The third kappa shape index (κ3) is 4.33. The molecular weight excluding hydrogens is 330 g/mol. The van der Waals surface area contributed by atoms with Crippen molar-refractivity contribution in [2.75, 3.05) is 10.6 Å². The topological polar surface area (TPSA) is 99.1 Å². The highest BCUT2D eigenvalue weighted by Gasteiger charge is 2.36. The van der Waals surface area contributed by atoms with Crippen LogP contribution in [0.25, 0.3) is 0 Å². The smallest absolute Gasteiger partial charge is 0.239 e. The fourth-order valence-corrected chi connectivity index (χ4v) is 2.16. The molecule has 0 saturated heterocycles. The molecule has 0 heterocycles. The van der Waals surface area contributed by atoms with Crippen LogP contribution in [0.5, 0.6) is 0 Å². The van der Waals surface area contributed by atoms with Crippen LogP contribution in [0, 0.1) is 16.7 Å². The number of carbonyl (C=O) groups is 3. The minimum Gasteiger partial charge on any atom is -0.325 e. The van der Waals surface area contributed by atoms with Gasteiger partial charge < -0.3 is 10.6 Å². The van der Waals surface area contributed by atoms with E-state index in [1.807, 2.05) is 6.07 Å². The lowest BCUT2D eigenvalue weighted by atomic mass is 9.90. The van der Waals surface area contributed by atoms with Gasteiger partial charge in [0.2, 0.25) is 11.8 Å². The molecule has 0 unspecified atom stereocenters. The average Bonchev–Trinajstić information content (AvgIpc) is 2.61. The first-order valence-corrected chi connectivity index (χ1v) is 7.98. The maximum atomic E-state index is 12.6. The van der Waals surface area contributed by atoms with Crippen molar-refractivity contribution in [2.45, 2.75) is 20.8 Å². The SMILES string of the molecule is CC(=O)c1cccc(NC(=O)C(C)(C)C(=O)Nc2cccc(C#N)c2)c1. The Morgan fingerprint density at radius 2 is 1.46 bits per heavy atom. The molecule has 2 N–H and O–H groups in total. The van der Waals surface area contributed by atoms with Gasteiger partial charge >= 0.3 is 0 Å². The van der Waals surface area contributed by atoms with E-state index in [0.717, 1.165) is 0 Å². The zero-order chi connectivity index (χ0) is 19.3. The van der Waals surface area contributed by atoms with Crippen LogP contribution in [0.15, 0.2) is 48.5 Å². The summed E-state index contributed by atoms with van der Waals surface area (Å²) in [5.74, 6) is -1.13. The van der Waals surface area contributed by atoms with Gasteiger partial charge in [0.25, 0.3) is 0 Å².